The molecule has 0 aromatic rings. The maximum atomic E-state index is 14.0. The smallest absolute Gasteiger partial charge is 0.449 e. The van der Waals surface area contributed by atoms with E-state index in [0.717, 1.165) is 32.1 Å². The molecule has 3 saturated heterocycles. The van der Waals surface area contributed by atoms with Gasteiger partial charge in [0.05, 0.1) is 64.0 Å². The van der Waals surface area contributed by atoms with Crippen LogP contribution in [0.4, 0.5) is 48.3 Å². The number of alkyl halides is 11. The number of carbonyl (C=O) groups is 6. The van der Waals surface area contributed by atoms with Crippen molar-refractivity contribution in [3.8, 4) is 0 Å². The topological polar surface area (TPSA) is 257 Å². The van der Waals surface area contributed by atoms with E-state index in [0.29, 0.717) is 44.9 Å². The molecule has 102 heavy (non-hydrogen) atoms. The summed E-state index contributed by atoms with van der Waals surface area (Å²) in [7, 11) is 0. The molecule has 608 valence electrons. The largest absolute Gasteiger partial charge is 0.462 e. The van der Waals surface area contributed by atoms with E-state index in [1.807, 2.05) is 69.2 Å². The van der Waals surface area contributed by atoms with Gasteiger partial charge < -0.3 is 58.3 Å². The predicted molar refractivity (Wildman–Crippen MR) is 365 cm³/mol. The van der Waals surface area contributed by atoms with Crippen LogP contribution in [0.25, 0.3) is 0 Å². The van der Waals surface area contributed by atoms with Gasteiger partial charge in [0, 0.05) is 28.6 Å². The van der Waals surface area contributed by atoms with Crippen LogP contribution in [0.15, 0.2) is 0 Å². The molecule has 0 spiro atoms. The van der Waals surface area contributed by atoms with E-state index in [9.17, 15) is 97.5 Å². The SMILES string of the molecule is C.C.C.C.C.C.C.C.CCC(C)(C)C(=O)OC1(C)COC(O)(C(F)(F)F)C1(F)F.CCC(C)(C)C(=O)OC12CC3CC(C(C)(C)O)(C1)CC(C(C)(C)O)(C3)C2.CCC(C)(C)C(=O)OC1C2CC3C1OC(=O)C3C2C(C)(C)OCC(O)(C(F)(F)F)C(F)(F)F.CCC(C)(C)C(=O)OC1COC(=O)C1. The first-order valence-corrected chi connectivity index (χ1v) is 32.0. The number of ether oxygens (including phenoxy) is 8. The first kappa shape index (κ1) is 104. The van der Waals surface area contributed by atoms with E-state index >= 15 is 0 Å². The number of fused-ring (bicyclic) bond motifs is 1. The molecule has 29 heteroatoms. The van der Waals surface area contributed by atoms with Gasteiger partial charge in [-0.3, -0.25) is 28.8 Å². The number of carbonyl (C=O) groups excluding carboxylic acids is 6. The third-order valence-corrected chi connectivity index (χ3v) is 22.3. The molecule has 4 N–H and O–H groups in total. The van der Waals surface area contributed by atoms with E-state index in [2.05, 4.69) is 9.47 Å². The Hall–Kier alpha value is -4.19. The summed E-state index contributed by atoms with van der Waals surface area (Å²) in [6.45, 7) is 28.5. The molecule has 3 aliphatic heterocycles. The average molecular weight is 1510 g/mol. The summed E-state index contributed by atoms with van der Waals surface area (Å²) in [6.07, 6.45) is -12.1. The number of hydrogen-bond acceptors (Lipinski definition) is 18. The Morgan fingerprint density at radius 2 is 0.971 bits per heavy atom. The molecule has 3 heterocycles. The van der Waals surface area contributed by atoms with E-state index in [-0.39, 0.29) is 120 Å². The van der Waals surface area contributed by atoms with E-state index in [1.54, 1.807) is 27.7 Å². The number of esters is 6. The molecule has 0 radical (unpaired) electrons. The van der Waals surface area contributed by atoms with Gasteiger partial charge in [0.15, 0.2) is 0 Å². The minimum Gasteiger partial charge on any atom is -0.462 e. The summed E-state index contributed by atoms with van der Waals surface area (Å²) in [5.41, 5.74) is -15.5. The predicted octanol–water partition coefficient (Wildman–Crippen LogP) is 17.0. The quantitative estimate of drug-likeness (QED) is 0.0565. The van der Waals surface area contributed by atoms with Crippen molar-refractivity contribution in [2.45, 2.75) is 350 Å². The minimum absolute atomic E-state index is 0. The van der Waals surface area contributed by atoms with Gasteiger partial charge in [0.1, 0.15) is 30.5 Å². The molecule has 0 aromatic carbocycles. The van der Waals surface area contributed by atoms with E-state index in [4.69, 9.17) is 28.4 Å². The van der Waals surface area contributed by atoms with Crippen molar-refractivity contribution in [1.29, 1.82) is 0 Å². The first-order chi connectivity index (χ1) is 42.0. The van der Waals surface area contributed by atoms with Gasteiger partial charge in [-0.2, -0.15) is 48.3 Å². The second-order valence-corrected chi connectivity index (χ2v) is 31.9. The van der Waals surface area contributed by atoms with Gasteiger partial charge >= 0.3 is 66.1 Å². The molecule has 11 atom stereocenters. The van der Waals surface area contributed by atoms with Gasteiger partial charge in [-0.1, -0.05) is 87.1 Å². The molecular weight excluding hydrogens is 1370 g/mol. The minimum atomic E-state index is -6.03. The highest BCUT2D eigenvalue weighted by Crippen LogP contribution is 2.73. The number of hydrogen-bond donors (Lipinski definition) is 4. The Balaban J connectivity index is -0.000000634. The Labute approximate surface area is 601 Å². The van der Waals surface area contributed by atoms with Crippen LogP contribution in [0.3, 0.4) is 0 Å². The lowest BCUT2D eigenvalue weighted by Gasteiger charge is -2.70. The van der Waals surface area contributed by atoms with Crippen LogP contribution in [0, 0.1) is 62.1 Å². The summed E-state index contributed by atoms with van der Waals surface area (Å²) < 4.78 is 185. The van der Waals surface area contributed by atoms with Crippen molar-refractivity contribution in [2.75, 3.05) is 19.8 Å². The van der Waals surface area contributed by atoms with Crippen LogP contribution >= 0.6 is 0 Å². The molecule has 0 aromatic heterocycles. The van der Waals surface area contributed by atoms with Gasteiger partial charge in [-0.15, -0.1) is 0 Å². The molecule has 9 rings (SSSR count). The Bertz CT molecular complexity index is 2760. The normalized spacial score (nSPS) is 30.5. The average Bonchev–Trinajstić information content (AvgIpc) is 1.06. The molecule has 6 bridgehead atoms. The summed E-state index contributed by atoms with van der Waals surface area (Å²) in [5, 5.41) is 40.8. The Kier molecular flexibility index (Phi) is 34.2. The molecular formula is C73H131F11O18. The number of halogens is 11. The fourth-order valence-corrected chi connectivity index (χ4v) is 14.2. The number of aliphatic hydroxyl groups is 4. The number of rotatable bonds is 18. The molecule has 11 unspecified atom stereocenters. The van der Waals surface area contributed by atoms with E-state index in [1.165, 1.54) is 27.7 Å². The highest BCUT2D eigenvalue weighted by Gasteiger charge is 2.83. The second-order valence-electron chi connectivity index (χ2n) is 31.9. The lowest BCUT2D eigenvalue weighted by Crippen LogP contribution is -2.70. The van der Waals surface area contributed by atoms with Crippen LogP contribution in [0.1, 0.15) is 268 Å². The second kappa shape index (κ2) is 33.5. The zero-order valence-corrected chi connectivity index (χ0v) is 57.4. The van der Waals surface area contributed by atoms with Crippen molar-refractivity contribution in [1.82, 2.24) is 0 Å². The molecule has 9 fully saturated rings. The maximum absolute atomic E-state index is 14.0. The van der Waals surface area contributed by atoms with Crippen molar-refractivity contribution in [2.24, 2.45) is 62.1 Å². The number of cyclic esters (lactones) is 1. The molecule has 0 amide bonds. The van der Waals surface area contributed by atoms with Crippen LogP contribution < -0.4 is 0 Å². The fraction of sp³-hybridized carbons (Fsp3) is 0.918. The Morgan fingerprint density at radius 3 is 1.33 bits per heavy atom. The van der Waals surface area contributed by atoms with Gasteiger partial charge in [0.2, 0.25) is 5.60 Å². The molecule has 9 aliphatic rings. The van der Waals surface area contributed by atoms with Crippen LogP contribution in [0.5, 0.6) is 0 Å². The summed E-state index contributed by atoms with van der Waals surface area (Å²) in [4.78, 5) is 72.3. The Morgan fingerprint density at radius 1 is 0.569 bits per heavy atom. The fourth-order valence-electron chi connectivity index (χ4n) is 14.2. The first-order valence-electron chi connectivity index (χ1n) is 32.0. The maximum Gasteiger partial charge on any atom is 0.449 e. The lowest BCUT2D eigenvalue weighted by molar-refractivity contribution is -0.409. The van der Waals surface area contributed by atoms with Crippen molar-refractivity contribution in [3.05, 3.63) is 0 Å². The third-order valence-electron chi connectivity index (χ3n) is 22.3. The molecule has 6 saturated carbocycles. The molecule has 6 aliphatic carbocycles. The van der Waals surface area contributed by atoms with Crippen LogP contribution in [-0.2, 0) is 66.7 Å². The standard InChI is InChI=1S/C22H38O4.C21H28F6O6.C12H17F5O4.C10H16O4.8CH4/c1-8-17(2,3)16(23)26-22-11-15-9-20(13-22,18(4,5)24)12-21(10-15,14-22)19(6,7)25;1-6-17(2,3)16(29)33-14-10-7-9-11(15(28)32-13(9)14)12(10)18(4,5)31-8-19(30,20(22,23)24)21(25,26)27;1-5-8(2,3)7(18)21-9(4)6-20-11(19,10(9,13)14)12(15,16)17;1-4-10(2,3)9(12)14-7-5-8(11)13-6-7;;;;;;;;/h15,24-25H,8-14H2,1-7H3;9-14,30H,6-8H2,1-5H3;19H,5-6H2,1-4H3;7H,4-6H2,1-3H3;8*1H4. The summed E-state index contributed by atoms with van der Waals surface area (Å²) >= 11 is 0. The summed E-state index contributed by atoms with van der Waals surface area (Å²) in [5.74, 6) is -14.8. The highest BCUT2D eigenvalue weighted by atomic mass is 19.4. The van der Waals surface area contributed by atoms with Crippen molar-refractivity contribution < 1.29 is 135 Å². The lowest BCUT2D eigenvalue weighted by atomic mass is 9.37. The third kappa shape index (κ3) is 19.4. The highest BCUT2D eigenvalue weighted by molar-refractivity contribution is 5.80. The van der Waals surface area contributed by atoms with Gasteiger partial charge in [0.25, 0.3) is 5.60 Å². The zero-order chi connectivity index (χ0) is 72.8. The van der Waals surface area contributed by atoms with Crippen LogP contribution in [0.2, 0.25) is 0 Å². The monoisotopic (exact) mass is 1500 g/mol. The van der Waals surface area contributed by atoms with Gasteiger partial charge in [-0.25, -0.2) is 0 Å². The zero-order valence-electron chi connectivity index (χ0n) is 57.4. The van der Waals surface area contributed by atoms with E-state index < -0.39 is 147 Å². The van der Waals surface area contributed by atoms with Crippen LogP contribution in [-0.4, -0.2) is 158 Å². The molecule has 18 nitrogen and oxygen atoms in total. The van der Waals surface area contributed by atoms with Crippen molar-refractivity contribution >= 4 is 35.8 Å². The van der Waals surface area contributed by atoms with Crippen molar-refractivity contribution in [3.63, 3.8) is 0 Å². The summed E-state index contributed by atoms with van der Waals surface area (Å²) in [6, 6.07) is 0. The van der Waals surface area contributed by atoms with Gasteiger partial charge in [-0.05, 0) is 180 Å².